The van der Waals surface area contributed by atoms with Crippen LogP contribution in [-0.4, -0.2) is 35.8 Å². The first-order valence-corrected chi connectivity index (χ1v) is 12.3. The average molecular weight is 470 g/mol. The van der Waals surface area contributed by atoms with Gasteiger partial charge in [0.15, 0.2) is 0 Å². The molecule has 1 aromatic carbocycles. The van der Waals surface area contributed by atoms with Crippen molar-refractivity contribution >= 4 is 17.1 Å². The lowest BCUT2D eigenvalue weighted by atomic mass is 9.58. The van der Waals surface area contributed by atoms with Crippen LogP contribution in [0.3, 0.4) is 0 Å². The van der Waals surface area contributed by atoms with E-state index >= 15 is 0 Å². The van der Waals surface area contributed by atoms with Crippen molar-refractivity contribution in [2.24, 2.45) is 13.0 Å². The van der Waals surface area contributed by atoms with Crippen molar-refractivity contribution < 1.29 is 4.79 Å². The van der Waals surface area contributed by atoms with E-state index in [1.54, 1.807) is 17.0 Å². The predicted octanol–water partition coefficient (Wildman–Crippen LogP) is 4.07. The van der Waals surface area contributed by atoms with E-state index in [1.165, 1.54) is 12.8 Å². The Morgan fingerprint density at radius 3 is 2.71 bits per heavy atom. The van der Waals surface area contributed by atoms with E-state index in [1.807, 2.05) is 35.9 Å². The molecule has 3 aromatic heterocycles. The van der Waals surface area contributed by atoms with Gasteiger partial charge in [-0.25, -0.2) is 4.52 Å². The number of anilines is 1. The standard InChI is InChI=1S/C27H31N7O/c1-18-14-27(15-18,25-32-29-17-33(25)3)20-5-4-6-21(13-20)31-24(35)23-12-19(16-28-26(2)8-9-26)11-22-7-10-30-34(22)23/h4-7,10-13,17-18,28H,8-9,14-16H2,1-3H3,(H,31,35). The summed E-state index contributed by atoms with van der Waals surface area (Å²) in [5, 5.41) is 19.7. The molecule has 6 rings (SSSR count). The van der Waals surface area contributed by atoms with Crippen LogP contribution in [0.1, 0.15) is 67.0 Å². The molecule has 0 bridgehead atoms. The minimum absolute atomic E-state index is 0.175. The third kappa shape index (κ3) is 3.91. The Bertz CT molecular complexity index is 1410. The van der Waals surface area contributed by atoms with Crippen LogP contribution < -0.4 is 10.6 Å². The molecule has 35 heavy (non-hydrogen) atoms. The van der Waals surface area contributed by atoms with Crippen LogP contribution in [0.4, 0.5) is 5.69 Å². The van der Waals surface area contributed by atoms with Gasteiger partial charge >= 0.3 is 0 Å². The Morgan fingerprint density at radius 2 is 2.00 bits per heavy atom. The predicted molar refractivity (Wildman–Crippen MR) is 134 cm³/mol. The lowest BCUT2D eigenvalue weighted by molar-refractivity contribution is 0.102. The number of benzene rings is 1. The number of carbonyl (C=O) groups is 1. The first-order valence-electron chi connectivity index (χ1n) is 12.3. The van der Waals surface area contributed by atoms with E-state index in [0.29, 0.717) is 11.6 Å². The molecular weight excluding hydrogens is 438 g/mol. The zero-order valence-electron chi connectivity index (χ0n) is 20.5. The Labute approximate surface area is 204 Å². The zero-order chi connectivity index (χ0) is 24.2. The summed E-state index contributed by atoms with van der Waals surface area (Å²) >= 11 is 0. The zero-order valence-corrected chi connectivity index (χ0v) is 20.5. The maximum absolute atomic E-state index is 13.5. The van der Waals surface area contributed by atoms with E-state index in [-0.39, 0.29) is 16.9 Å². The van der Waals surface area contributed by atoms with Crippen LogP contribution in [0.15, 0.2) is 55.0 Å². The molecular formula is C27H31N7O. The number of aryl methyl sites for hydroxylation is 1. The molecule has 2 fully saturated rings. The molecule has 2 aliphatic rings. The summed E-state index contributed by atoms with van der Waals surface area (Å²) in [4.78, 5) is 13.5. The summed E-state index contributed by atoms with van der Waals surface area (Å²) in [6.07, 6.45) is 7.90. The highest BCUT2D eigenvalue weighted by Gasteiger charge is 2.48. The van der Waals surface area contributed by atoms with E-state index in [4.69, 9.17) is 0 Å². The van der Waals surface area contributed by atoms with Crippen LogP contribution in [0.25, 0.3) is 5.52 Å². The van der Waals surface area contributed by atoms with Crippen LogP contribution >= 0.6 is 0 Å². The van der Waals surface area contributed by atoms with Gasteiger partial charge in [0, 0.05) is 24.8 Å². The number of nitrogens with one attached hydrogen (secondary N) is 2. The van der Waals surface area contributed by atoms with Gasteiger partial charge in [-0.2, -0.15) is 5.10 Å². The van der Waals surface area contributed by atoms with Crippen molar-refractivity contribution in [1.29, 1.82) is 0 Å². The van der Waals surface area contributed by atoms with Gasteiger partial charge in [0.1, 0.15) is 17.8 Å². The van der Waals surface area contributed by atoms with Gasteiger partial charge in [-0.15, -0.1) is 10.2 Å². The molecule has 0 spiro atoms. The first-order chi connectivity index (χ1) is 16.9. The normalized spacial score (nSPS) is 22.7. The van der Waals surface area contributed by atoms with Crippen molar-refractivity contribution in [2.75, 3.05) is 5.32 Å². The molecule has 0 atom stereocenters. The van der Waals surface area contributed by atoms with Crippen LogP contribution in [0.5, 0.6) is 0 Å². The average Bonchev–Trinajstić information content (AvgIpc) is 3.18. The number of rotatable bonds is 7. The minimum atomic E-state index is -0.176. The van der Waals surface area contributed by atoms with Gasteiger partial charge in [-0.05, 0) is 80.0 Å². The highest BCUT2D eigenvalue weighted by atomic mass is 16.2. The molecule has 8 nitrogen and oxygen atoms in total. The van der Waals surface area contributed by atoms with Gasteiger partial charge in [0.05, 0.1) is 17.1 Å². The third-order valence-corrected chi connectivity index (χ3v) is 7.71. The number of amides is 1. The van der Waals surface area contributed by atoms with E-state index in [0.717, 1.165) is 47.5 Å². The van der Waals surface area contributed by atoms with Crippen molar-refractivity contribution in [3.8, 4) is 0 Å². The Hall–Kier alpha value is -3.52. The smallest absolute Gasteiger partial charge is 0.274 e. The molecule has 0 saturated heterocycles. The Morgan fingerprint density at radius 1 is 1.17 bits per heavy atom. The molecule has 0 aliphatic heterocycles. The van der Waals surface area contributed by atoms with Crippen molar-refractivity contribution in [3.05, 3.63) is 77.6 Å². The SMILES string of the molecule is CC1CC(c2cccc(NC(=O)c3cc(CNC4(C)CC4)cc4ccnn34)c2)(c2nncn2C)C1. The van der Waals surface area contributed by atoms with Crippen LogP contribution in [0.2, 0.25) is 0 Å². The Kier molecular flexibility index (Phi) is 5.03. The number of aromatic nitrogens is 5. The highest BCUT2D eigenvalue weighted by molar-refractivity contribution is 6.03. The van der Waals surface area contributed by atoms with Gasteiger partial charge in [-0.3, -0.25) is 4.79 Å². The van der Waals surface area contributed by atoms with Crippen LogP contribution in [0, 0.1) is 5.92 Å². The van der Waals surface area contributed by atoms with Gasteiger partial charge in [0.25, 0.3) is 5.91 Å². The summed E-state index contributed by atoms with van der Waals surface area (Å²) in [5.41, 5.74) is 4.49. The van der Waals surface area contributed by atoms with E-state index in [2.05, 4.69) is 58.0 Å². The Balaban J connectivity index is 1.29. The second-order valence-electron chi connectivity index (χ2n) is 10.7. The number of hydrogen-bond donors (Lipinski definition) is 2. The first kappa shape index (κ1) is 22.0. The van der Waals surface area contributed by atoms with Crippen molar-refractivity contribution in [3.63, 3.8) is 0 Å². The van der Waals surface area contributed by atoms with E-state index in [9.17, 15) is 4.79 Å². The van der Waals surface area contributed by atoms with Gasteiger partial charge in [-0.1, -0.05) is 19.1 Å². The van der Waals surface area contributed by atoms with E-state index < -0.39 is 0 Å². The quantitative estimate of drug-likeness (QED) is 0.426. The van der Waals surface area contributed by atoms with Gasteiger partial charge < -0.3 is 15.2 Å². The fraction of sp³-hybridized carbons (Fsp3) is 0.407. The molecule has 2 N–H and O–H groups in total. The number of hydrogen-bond acceptors (Lipinski definition) is 5. The minimum Gasteiger partial charge on any atom is -0.321 e. The van der Waals surface area contributed by atoms with Gasteiger partial charge in [0.2, 0.25) is 0 Å². The number of pyridine rings is 1. The van der Waals surface area contributed by atoms with Crippen molar-refractivity contribution in [1.82, 2.24) is 29.7 Å². The molecule has 4 aromatic rings. The molecule has 180 valence electrons. The van der Waals surface area contributed by atoms with Crippen LogP contribution in [-0.2, 0) is 19.0 Å². The summed E-state index contributed by atoms with van der Waals surface area (Å²) in [6.45, 7) is 5.23. The fourth-order valence-electron chi connectivity index (χ4n) is 5.52. The maximum atomic E-state index is 13.5. The summed E-state index contributed by atoms with van der Waals surface area (Å²) < 4.78 is 3.71. The lowest BCUT2D eigenvalue weighted by Gasteiger charge is -2.46. The van der Waals surface area contributed by atoms with Crippen molar-refractivity contribution in [2.45, 2.75) is 57.0 Å². The fourth-order valence-corrected chi connectivity index (χ4v) is 5.52. The highest BCUT2D eigenvalue weighted by Crippen LogP contribution is 2.51. The maximum Gasteiger partial charge on any atom is 0.274 e. The topological polar surface area (TPSA) is 89.1 Å². The second-order valence-corrected chi connectivity index (χ2v) is 10.7. The summed E-state index contributed by atoms with van der Waals surface area (Å²) in [5.74, 6) is 1.42. The largest absolute Gasteiger partial charge is 0.321 e. The molecule has 0 unspecified atom stereocenters. The molecule has 1 amide bonds. The number of fused-ring (bicyclic) bond motifs is 1. The summed E-state index contributed by atoms with van der Waals surface area (Å²) in [7, 11) is 1.99. The molecule has 2 aliphatic carbocycles. The monoisotopic (exact) mass is 469 g/mol. The number of nitrogens with zero attached hydrogens (tertiary/aromatic N) is 5. The lowest BCUT2D eigenvalue weighted by Crippen LogP contribution is -2.43. The number of carbonyl (C=O) groups excluding carboxylic acids is 1. The second kappa shape index (κ2) is 8.02. The summed E-state index contributed by atoms with van der Waals surface area (Å²) in [6, 6.07) is 14.1. The molecule has 8 heteroatoms. The third-order valence-electron chi connectivity index (χ3n) is 7.71. The molecule has 0 radical (unpaired) electrons. The molecule has 2 saturated carbocycles. The molecule has 3 heterocycles.